The van der Waals surface area contributed by atoms with Gasteiger partial charge in [0.25, 0.3) is 0 Å². The number of rotatable bonds is 7. The molecule has 1 aliphatic rings. The highest BCUT2D eigenvalue weighted by Crippen LogP contribution is 2.26. The molecule has 1 saturated heterocycles. The molecule has 0 radical (unpaired) electrons. The van der Waals surface area contributed by atoms with E-state index >= 15 is 0 Å². The van der Waals surface area contributed by atoms with Crippen LogP contribution in [-0.2, 0) is 21.5 Å². The fourth-order valence-electron chi connectivity index (χ4n) is 3.36. The summed E-state index contributed by atoms with van der Waals surface area (Å²) in [6, 6.07) is 7.77. The topological polar surface area (TPSA) is 88.1 Å². The van der Waals surface area contributed by atoms with Crippen molar-refractivity contribution < 1.29 is 14.0 Å². The quantitative estimate of drug-likeness (QED) is 0.620. The van der Waals surface area contributed by atoms with Gasteiger partial charge in [0, 0.05) is 25.5 Å². The minimum Gasteiger partial charge on any atom is -0.354 e. The Hall–Kier alpha value is -2.74. The van der Waals surface area contributed by atoms with Gasteiger partial charge in [-0.25, -0.2) is 4.39 Å². The maximum absolute atomic E-state index is 13.2. The lowest BCUT2D eigenvalue weighted by Crippen LogP contribution is -2.55. The van der Waals surface area contributed by atoms with Crippen molar-refractivity contribution >= 4 is 11.8 Å². The summed E-state index contributed by atoms with van der Waals surface area (Å²) in [7, 11) is 0. The van der Waals surface area contributed by atoms with Crippen LogP contribution in [0, 0.1) is 5.82 Å². The number of amides is 2. The van der Waals surface area contributed by atoms with Crippen molar-refractivity contribution in [2.24, 2.45) is 0 Å². The van der Waals surface area contributed by atoms with Crippen molar-refractivity contribution in [3.05, 3.63) is 54.1 Å². The number of nitrogens with zero attached hydrogens (tertiary/aromatic N) is 2. The van der Waals surface area contributed by atoms with E-state index in [2.05, 4.69) is 21.0 Å². The van der Waals surface area contributed by atoms with Crippen LogP contribution in [0.4, 0.5) is 4.39 Å². The van der Waals surface area contributed by atoms with E-state index in [-0.39, 0.29) is 24.1 Å². The minimum atomic E-state index is -0.694. The van der Waals surface area contributed by atoms with E-state index in [4.69, 9.17) is 0 Å². The Kier molecular flexibility index (Phi) is 6.18. The molecule has 0 unspecified atom stereocenters. The Morgan fingerprint density at radius 3 is 2.67 bits per heavy atom. The highest BCUT2D eigenvalue weighted by molar-refractivity contribution is 5.84. The van der Waals surface area contributed by atoms with Crippen LogP contribution >= 0.6 is 0 Å². The zero-order valence-electron chi connectivity index (χ0n) is 15.1. The number of aromatic nitrogens is 2. The second-order valence-corrected chi connectivity index (χ2v) is 6.64. The number of benzene rings is 1. The zero-order chi connectivity index (χ0) is 19.1. The van der Waals surface area contributed by atoms with Crippen LogP contribution in [0.15, 0.2) is 42.7 Å². The zero-order valence-corrected chi connectivity index (χ0v) is 15.1. The molecule has 27 heavy (non-hydrogen) atoms. The maximum Gasteiger partial charge on any atom is 0.248 e. The standard InChI is InChI=1S/C19H24FN5O2/c20-16-4-1-3-15(13-16)14-17(26)22-10-11-23-18(27)19(5-8-21-9-6-19)25-12-2-7-24-25/h1-4,7,12-13,21H,5-6,8-11,14H2,(H,22,26)(H,23,27). The molecule has 3 rings (SSSR count). The van der Waals surface area contributed by atoms with Gasteiger partial charge in [-0.15, -0.1) is 0 Å². The third kappa shape index (κ3) is 4.71. The molecule has 2 heterocycles. The molecule has 0 bridgehead atoms. The van der Waals surface area contributed by atoms with Crippen LogP contribution in [0.1, 0.15) is 18.4 Å². The van der Waals surface area contributed by atoms with Gasteiger partial charge in [-0.2, -0.15) is 5.10 Å². The molecule has 144 valence electrons. The van der Waals surface area contributed by atoms with Crippen molar-refractivity contribution in [1.82, 2.24) is 25.7 Å². The number of piperidine rings is 1. The van der Waals surface area contributed by atoms with Gasteiger partial charge in [-0.05, 0) is 49.7 Å². The molecule has 8 heteroatoms. The average molecular weight is 373 g/mol. The summed E-state index contributed by atoms with van der Waals surface area (Å²) in [6.45, 7) is 2.13. The van der Waals surface area contributed by atoms with Crippen LogP contribution in [0.2, 0.25) is 0 Å². The lowest BCUT2D eigenvalue weighted by molar-refractivity contribution is -0.132. The number of carbonyl (C=O) groups is 2. The number of hydrogen-bond donors (Lipinski definition) is 3. The predicted octanol–water partition coefficient (Wildman–Crippen LogP) is 0.576. The second-order valence-electron chi connectivity index (χ2n) is 6.64. The van der Waals surface area contributed by atoms with Crippen molar-refractivity contribution in [2.45, 2.75) is 24.8 Å². The Bertz CT molecular complexity index is 772. The van der Waals surface area contributed by atoms with E-state index in [1.54, 1.807) is 23.0 Å². The van der Waals surface area contributed by atoms with Gasteiger partial charge < -0.3 is 16.0 Å². The van der Waals surface area contributed by atoms with Crippen LogP contribution in [0.5, 0.6) is 0 Å². The van der Waals surface area contributed by atoms with Crippen molar-refractivity contribution in [3.63, 3.8) is 0 Å². The van der Waals surface area contributed by atoms with Crippen LogP contribution < -0.4 is 16.0 Å². The molecular formula is C19H24FN5O2. The predicted molar refractivity (Wildman–Crippen MR) is 98.4 cm³/mol. The summed E-state index contributed by atoms with van der Waals surface area (Å²) in [5.41, 5.74) is -0.0794. The molecule has 0 atom stereocenters. The number of halogens is 1. The first-order valence-electron chi connectivity index (χ1n) is 9.10. The summed E-state index contributed by atoms with van der Waals surface area (Å²) in [6.07, 6.45) is 4.91. The lowest BCUT2D eigenvalue weighted by atomic mass is 9.87. The van der Waals surface area contributed by atoms with Crippen LogP contribution in [-0.4, -0.2) is 47.8 Å². The Labute approximate surface area is 157 Å². The fourth-order valence-corrected chi connectivity index (χ4v) is 3.36. The first-order valence-corrected chi connectivity index (χ1v) is 9.10. The summed E-state index contributed by atoms with van der Waals surface area (Å²) in [5.74, 6) is -0.663. The van der Waals surface area contributed by atoms with E-state index in [0.717, 1.165) is 13.1 Å². The molecule has 2 amide bonds. The third-order valence-corrected chi connectivity index (χ3v) is 4.78. The molecule has 0 saturated carbocycles. The lowest BCUT2D eigenvalue weighted by Gasteiger charge is -2.36. The van der Waals surface area contributed by atoms with Crippen LogP contribution in [0.3, 0.4) is 0 Å². The normalized spacial score (nSPS) is 15.9. The summed E-state index contributed by atoms with van der Waals surface area (Å²) >= 11 is 0. The first-order chi connectivity index (χ1) is 13.1. The Morgan fingerprint density at radius 1 is 1.19 bits per heavy atom. The molecule has 1 aliphatic heterocycles. The number of hydrogen-bond acceptors (Lipinski definition) is 4. The first kappa shape index (κ1) is 19.0. The molecule has 1 aromatic carbocycles. The highest BCUT2D eigenvalue weighted by atomic mass is 19.1. The molecule has 7 nitrogen and oxygen atoms in total. The third-order valence-electron chi connectivity index (χ3n) is 4.78. The van der Waals surface area contributed by atoms with Gasteiger partial charge in [-0.3, -0.25) is 14.3 Å². The van der Waals surface area contributed by atoms with E-state index < -0.39 is 5.54 Å². The molecule has 0 spiro atoms. The van der Waals surface area contributed by atoms with Gasteiger partial charge in [0.05, 0.1) is 6.42 Å². The molecular weight excluding hydrogens is 349 g/mol. The summed E-state index contributed by atoms with van der Waals surface area (Å²) in [4.78, 5) is 24.8. The highest BCUT2D eigenvalue weighted by Gasteiger charge is 2.41. The van der Waals surface area contributed by atoms with Gasteiger partial charge in [-0.1, -0.05) is 12.1 Å². The van der Waals surface area contributed by atoms with E-state index in [0.29, 0.717) is 31.5 Å². The molecule has 2 aromatic rings. The Morgan fingerprint density at radius 2 is 1.96 bits per heavy atom. The van der Waals surface area contributed by atoms with Crippen molar-refractivity contribution in [3.8, 4) is 0 Å². The number of nitrogens with one attached hydrogen (secondary N) is 3. The van der Waals surface area contributed by atoms with Crippen molar-refractivity contribution in [1.29, 1.82) is 0 Å². The minimum absolute atomic E-state index is 0.0907. The average Bonchev–Trinajstić information content (AvgIpc) is 3.21. The largest absolute Gasteiger partial charge is 0.354 e. The summed E-state index contributed by atoms with van der Waals surface area (Å²) < 4.78 is 14.9. The van der Waals surface area contributed by atoms with E-state index in [1.807, 2.05) is 12.3 Å². The maximum atomic E-state index is 13.2. The SMILES string of the molecule is O=C(Cc1cccc(F)c1)NCCNC(=O)C1(n2cccn2)CCNCC1. The molecule has 1 aromatic heterocycles. The second kappa shape index (κ2) is 8.77. The van der Waals surface area contributed by atoms with Gasteiger partial charge >= 0.3 is 0 Å². The van der Waals surface area contributed by atoms with E-state index in [9.17, 15) is 14.0 Å². The van der Waals surface area contributed by atoms with E-state index in [1.165, 1.54) is 12.1 Å². The Balaban J connectivity index is 1.47. The number of carbonyl (C=O) groups excluding carboxylic acids is 2. The summed E-state index contributed by atoms with van der Waals surface area (Å²) in [5, 5.41) is 13.2. The molecule has 1 fully saturated rings. The molecule has 3 N–H and O–H groups in total. The van der Waals surface area contributed by atoms with Crippen molar-refractivity contribution in [2.75, 3.05) is 26.2 Å². The van der Waals surface area contributed by atoms with Gasteiger partial charge in [0.2, 0.25) is 11.8 Å². The van der Waals surface area contributed by atoms with Gasteiger partial charge in [0.1, 0.15) is 11.4 Å². The molecule has 0 aliphatic carbocycles. The monoisotopic (exact) mass is 373 g/mol. The van der Waals surface area contributed by atoms with Crippen LogP contribution in [0.25, 0.3) is 0 Å². The fraction of sp³-hybridized carbons (Fsp3) is 0.421. The smallest absolute Gasteiger partial charge is 0.248 e. The van der Waals surface area contributed by atoms with Gasteiger partial charge in [0.15, 0.2) is 0 Å².